The molecular formula is C21H14FN3O2. The number of amides is 1. The molecule has 2 aliphatic heterocycles. The van der Waals surface area contributed by atoms with Gasteiger partial charge in [-0.15, -0.1) is 0 Å². The maximum Gasteiger partial charge on any atom is 0.245 e. The molecule has 3 N–H and O–H groups in total. The second-order valence-electron chi connectivity index (χ2n) is 6.53. The first-order valence-electron chi connectivity index (χ1n) is 8.48. The summed E-state index contributed by atoms with van der Waals surface area (Å²) in [5.41, 5.74) is 2.70. The molecule has 0 saturated carbocycles. The Bertz CT molecular complexity index is 1260. The summed E-state index contributed by atoms with van der Waals surface area (Å²) in [6.07, 6.45) is 3.20. The van der Waals surface area contributed by atoms with Crippen molar-refractivity contribution in [1.29, 1.82) is 0 Å². The van der Waals surface area contributed by atoms with Crippen molar-refractivity contribution < 1.29 is 14.3 Å². The number of aromatic hydroxyl groups is 1. The Balaban J connectivity index is 1.89. The Morgan fingerprint density at radius 3 is 2.81 bits per heavy atom. The van der Waals surface area contributed by atoms with Crippen LogP contribution in [0.15, 0.2) is 54.7 Å². The number of phenols is 1. The number of aromatic nitrogens is 2. The van der Waals surface area contributed by atoms with E-state index >= 15 is 0 Å². The molecule has 2 aromatic carbocycles. The molecule has 2 aromatic rings. The summed E-state index contributed by atoms with van der Waals surface area (Å²) >= 11 is 0. The number of phenolic OH excluding ortho intramolecular Hbond substituents is 1. The van der Waals surface area contributed by atoms with Crippen molar-refractivity contribution in [3.8, 4) is 17.0 Å². The Morgan fingerprint density at radius 1 is 1.07 bits per heavy atom. The topological polar surface area (TPSA) is 78.0 Å². The summed E-state index contributed by atoms with van der Waals surface area (Å²) in [5.74, 6) is -1.06. The van der Waals surface area contributed by atoms with E-state index in [4.69, 9.17) is 0 Å². The summed E-state index contributed by atoms with van der Waals surface area (Å²) in [7, 11) is 0. The molecule has 5 nitrogen and oxygen atoms in total. The number of nitrogens with one attached hydrogen (secondary N) is 2. The Kier molecular flexibility index (Phi) is 3.27. The number of halogens is 1. The molecule has 1 atom stereocenters. The number of benzene rings is 2. The highest BCUT2D eigenvalue weighted by Crippen LogP contribution is 2.32. The van der Waals surface area contributed by atoms with Crippen LogP contribution in [0.1, 0.15) is 17.2 Å². The minimum absolute atomic E-state index is 0.167. The molecule has 1 aliphatic carbocycles. The van der Waals surface area contributed by atoms with Gasteiger partial charge in [0.15, 0.2) is 0 Å². The monoisotopic (exact) mass is 359 g/mol. The lowest BCUT2D eigenvalue weighted by molar-refractivity contribution is -0.115. The molecular weight excluding hydrogens is 345 g/mol. The number of carbonyl (C=O) groups excluding carboxylic acids is 1. The molecule has 0 fully saturated rings. The van der Waals surface area contributed by atoms with Crippen LogP contribution >= 0.6 is 0 Å². The van der Waals surface area contributed by atoms with E-state index in [1.807, 2.05) is 30.3 Å². The number of aromatic amines is 1. The fraction of sp³-hybridized carbons (Fsp3) is 0.0476. The first-order valence-corrected chi connectivity index (χ1v) is 8.48. The maximum absolute atomic E-state index is 14.5. The van der Waals surface area contributed by atoms with Crippen LogP contribution in [-0.2, 0) is 4.79 Å². The van der Waals surface area contributed by atoms with Crippen LogP contribution in [0.4, 0.5) is 4.39 Å². The predicted molar refractivity (Wildman–Crippen MR) is 99.3 cm³/mol. The van der Waals surface area contributed by atoms with Gasteiger partial charge in [0, 0.05) is 35.0 Å². The van der Waals surface area contributed by atoms with E-state index in [2.05, 4.69) is 15.5 Å². The van der Waals surface area contributed by atoms with Crippen LogP contribution in [0.3, 0.4) is 0 Å². The molecule has 0 saturated heterocycles. The van der Waals surface area contributed by atoms with Gasteiger partial charge in [-0.05, 0) is 28.1 Å². The van der Waals surface area contributed by atoms with Gasteiger partial charge in [0.25, 0.3) is 0 Å². The van der Waals surface area contributed by atoms with Gasteiger partial charge in [0.2, 0.25) is 5.91 Å². The molecule has 0 bridgehead atoms. The molecule has 0 radical (unpaired) electrons. The van der Waals surface area contributed by atoms with E-state index in [1.165, 1.54) is 18.2 Å². The molecule has 1 amide bonds. The van der Waals surface area contributed by atoms with Crippen molar-refractivity contribution >= 4 is 22.8 Å². The normalized spacial score (nSPS) is 16.0. The van der Waals surface area contributed by atoms with Crippen molar-refractivity contribution in [1.82, 2.24) is 15.5 Å². The highest BCUT2D eigenvalue weighted by Gasteiger charge is 2.25. The highest BCUT2D eigenvalue weighted by molar-refractivity contribution is 6.08. The lowest BCUT2D eigenvalue weighted by Crippen LogP contribution is -2.37. The number of rotatable bonds is 1. The van der Waals surface area contributed by atoms with Gasteiger partial charge in [-0.2, -0.15) is 5.10 Å². The second kappa shape index (κ2) is 5.67. The van der Waals surface area contributed by atoms with Gasteiger partial charge in [0.05, 0.1) is 11.7 Å². The molecule has 5 rings (SSSR count). The molecule has 0 aromatic heterocycles. The number of carbonyl (C=O) groups is 1. The van der Waals surface area contributed by atoms with Gasteiger partial charge in [-0.25, -0.2) is 4.39 Å². The van der Waals surface area contributed by atoms with Crippen molar-refractivity contribution in [3.05, 3.63) is 76.9 Å². The molecule has 6 heteroatoms. The molecule has 0 unspecified atom stereocenters. The van der Waals surface area contributed by atoms with Crippen molar-refractivity contribution in [2.75, 3.05) is 0 Å². The minimum Gasteiger partial charge on any atom is -0.508 e. The molecule has 3 aliphatic rings. The van der Waals surface area contributed by atoms with Gasteiger partial charge in [-0.3, -0.25) is 9.89 Å². The summed E-state index contributed by atoms with van der Waals surface area (Å²) < 4.78 is 14.5. The Hall–Kier alpha value is -3.67. The second-order valence-corrected chi connectivity index (χ2v) is 6.53. The van der Waals surface area contributed by atoms with E-state index in [0.717, 1.165) is 33.3 Å². The number of hydrogen-bond donors (Lipinski definition) is 3. The van der Waals surface area contributed by atoms with Crippen LogP contribution in [-0.4, -0.2) is 21.2 Å². The maximum atomic E-state index is 14.5. The third kappa shape index (κ3) is 2.38. The van der Waals surface area contributed by atoms with E-state index < -0.39 is 11.9 Å². The van der Waals surface area contributed by atoms with Gasteiger partial charge in [-0.1, -0.05) is 30.3 Å². The molecule has 27 heavy (non-hydrogen) atoms. The van der Waals surface area contributed by atoms with Gasteiger partial charge < -0.3 is 10.4 Å². The Morgan fingerprint density at radius 2 is 1.96 bits per heavy atom. The third-order valence-electron chi connectivity index (χ3n) is 4.95. The predicted octanol–water partition coefficient (Wildman–Crippen LogP) is 2.79. The van der Waals surface area contributed by atoms with Crippen LogP contribution in [0.5, 0.6) is 5.75 Å². The summed E-state index contributed by atoms with van der Waals surface area (Å²) in [6.45, 7) is 0. The van der Waals surface area contributed by atoms with E-state index in [-0.39, 0.29) is 17.2 Å². The van der Waals surface area contributed by atoms with E-state index in [0.29, 0.717) is 5.56 Å². The zero-order valence-corrected chi connectivity index (χ0v) is 14.0. The van der Waals surface area contributed by atoms with Crippen molar-refractivity contribution in [3.63, 3.8) is 0 Å². The molecule has 0 spiro atoms. The zero-order chi connectivity index (χ0) is 18.5. The standard InChI is InChI=1S/C21H14FN3O2/c22-17-8-12(26)5-6-14(17)21-16-10-23-25-18-7-4-11-2-1-3-13(20(11)18)15(16)9-19(27)24-21/h1-10,21,23,26H,(H,24,27)/t21-/m0/s1. The van der Waals surface area contributed by atoms with Crippen LogP contribution in [0.25, 0.3) is 28.1 Å². The zero-order valence-electron chi connectivity index (χ0n) is 14.0. The van der Waals surface area contributed by atoms with Crippen LogP contribution in [0.2, 0.25) is 0 Å². The number of nitrogens with zero attached hydrogens (tertiary/aromatic N) is 1. The van der Waals surface area contributed by atoms with Crippen LogP contribution < -0.4 is 10.5 Å². The lowest BCUT2D eigenvalue weighted by Gasteiger charge is -2.23. The largest absolute Gasteiger partial charge is 0.508 e. The average Bonchev–Trinajstić information content (AvgIpc) is 3.04. The highest BCUT2D eigenvalue weighted by atomic mass is 19.1. The average molecular weight is 359 g/mol. The minimum atomic E-state index is -0.701. The molecule has 132 valence electrons. The summed E-state index contributed by atoms with van der Waals surface area (Å²) in [4.78, 5) is 12.4. The fourth-order valence-corrected chi connectivity index (χ4v) is 3.76. The smallest absolute Gasteiger partial charge is 0.245 e. The van der Waals surface area contributed by atoms with Crippen LogP contribution in [0, 0.1) is 5.82 Å². The summed E-state index contributed by atoms with van der Waals surface area (Å²) in [5, 5.41) is 22.2. The lowest BCUT2D eigenvalue weighted by atomic mass is 9.92. The first-order chi connectivity index (χ1) is 13.1. The number of hydrogen-bond acceptors (Lipinski definition) is 3. The first kappa shape index (κ1) is 15.6. The summed E-state index contributed by atoms with van der Waals surface area (Å²) in [6, 6.07) is 13.0. The fourth-order valence-electron chi connectivity index (χ4n) is 3.76. The Labute approximate surface area is 153 Å². The number of fused-ring (bicyclic) bond motifs is 2. The molecule has 2 heterocycles. The van der Waals surface area contributed by atoms with Gasteiger partial charge in [0.1, 0.15) is 11.6 Å². The quantitative estimate of drug-likeness (QED) is 0.489. The van der Waals surface area contributed by atoms with E-state index in [9.17, 15) is 14.3 Å². The third-order valence-corrected chi connectivity index (χ3v) is 4.95. The van der Waals surface area contributed by atoms with Gasteiger partial charge >= 0.3 is 0 Å². The van der Waals surface area contributed by atoms with Crippen molar-refractivity contribution in [2.45, 2.75) is 6.04 Å². The SMILES string of the molecule is O=C1C=c2c(c[nH]nc3ccc4cccc2c4-3)[C@H](c2ccc(O)cc2F)N1. The van der Waals surface area contributed by atoms with E-state index in [1.54, 1.807) is 6.20 Å². The van der Waals surface area contributed by atoms with Crippen molar-refractivity contribution in [2.24, 2.45) is 0 Å². The number of H-pyrrole nitrogens is 1.